The van der Waals surface area contributed by atoms with E-state index in [4.69, 9.17) is 0 Å². The number of nitrogens with one attached hydrogen (secondary N) is 1. The van der Waals surface area contributed by atoms with Crippen LogP contribution in [0.4, 0.5) is 0 Å². The van der Waals surface area contributed by atoms with E-state index >= 15 is 0 Å². The molecule has 1 aliphatic rings. The topological polar surface area (TPSA) is 39.1 Å². The molecule has 110 valence electrons. The zero-order valence-electron chi connectivity index (χ0n) is 13.0. The standard InChI is InChI=1S/C16H31N3/c1-4-12-18-16(2,14-17)11-13-19(3)15-9-7-5-6-8-10-15/h15,18H,4-13H2,1-3H3. The number of nitriles is 1. The Morgan fingerprint density at radius 1 is 1.26 bits per heavy atom. The molecular weight excluding hydrogens is 234 g/mol. The largest absolute Gasteiger partial charge is 0.303 e. The van der Waals surface area contributed by atoms with Crippen molar-refractivity contribution in [2.75, 3.05) is 20.1 Å². The molecule has 0 amide bonds. The van der Waals surface area contributed by atoms with Crippen molar-refractivity contribution in [3.8, 4) is 6.07 Å². The van der Waals surface area contributed by atoms with Crippen LogP contribution in [-0.4, -0.2) is 36.6 Å². The van der Waals surface area contributed by atoms with Gasteiger partial charge in [0.2, 0.25) is 0 Å². The van der Waals surface area contributed by atoms with Gasteiger partial charge in [0.1, 0.15) is 5.54 Å². The molecule has 1 aliphatic carbocycles. The predicted molar refractivity (Wildman–Crippen MR) is 81.0 cm³/mol. The van der Waals surface area contributed by atoms with Gasteiger partial charge in [-0.15, -0.1) is 0 Å². The minimum atomic E-state index is -0.366. The Kier molecular flexibility index (Phi) is 7.41. The summed E-state index contributed by atoms with van der Waals surface area (Å²) in [5.74, 6) is 0. The smallest absolute Gasteiger partial charge is 0.105 e. The van der Waals surface area contributed by atoms with Crippen molar-refractivity contribution < 1.29 is 0 Å². The average molecular weight is 265 g/mol. The number of hydrogen-bond acceptors (Lipinski definition) is 3. The van der Waals surface area contributed by atoms with Crippen LogP contribution in [0.25, 0.3) is 0 Å². The van der Waals surface area contributed by atoms with E-state index in [1.165, 1.54) is 38.5 Å². The fourth-order valence-electron chi connectivity index (χ4n) is 2.87. The lowest BCUT2D eigenvalue weighted by Crippen LogP contribution is -2.45. The van der Waals surface area contributed by atoms with Gasteiger partial charge in [-0.05, 0) is 46.2 Å². The summed E-state index contributed by atoms with van der Waals surface area (Å²) in [5, 5.41) is 12.7. The lowest BCUT2D eigenvalue weighted by atomic mass is 9.98. The summed E-state index contributed by atoms with van der Waals surface area (Å²) in [6, 6.07) is 3.18. The maximum atomic E-state index is 9.35. The highest BCUT2D eigenvalue weighted by atomic mass is 15.1. The van der Waals surface area contributed by atoms with Crippen molar-refractivity contribution in [2.45, 2.75) is 76.8 Å². The van der Waals surface area contributed by atoms with Crippen LogP contribution < -0.4 is 5.32 Å². The summed E-state index contributed by atoms with van der Waals surface area (Å²) >= 11 is 0. The summed E-state index contributed by atoms with van der Waals surface area (Å²) in [6.45, 7) is 6.12. The molecule has 0 bridgehead atoms. The third-order valence-corrected chi connectivity index (χ3v) is 4.42. The first-order valence-electron chi connectivity index (χ1n) is 7.98. The molecule has 0 aromatic heterocycles. The second-order valence-corrected chi connectivity index (χ2v) is 6.25. The molecule has 1 atom stereocenters. The summed E-state index contributed by atoms with van der Waals surface area (Å²) in [4.78, 5) is 2.48. The summed E-state index contributed by atoms with van der Waals surface area (Å²) in [6.07, 6.45) is 10.2. The van der Waals surface area contributed by atoms with Crippen molar-refractivity contribution in [3.63, 3.8) is 0 Å². The van der Waals surface area contributed by atoms with E-state index in [9.17, 15) is 5.26 Å². The molecule has 0 spiro atoms. The van der Waals surface area contributed by atoms with E-state index in [1.807, 2.05) is 6.92 Å². The fraction of sp³-hybridized carbons (Fsp3) is 0.938. The Morgan fingerprint density at radius 3 is 2.42 bits per heavy atom. The molecule has 0 aliphatic heterocycles. The average Bonchev–Trinajstić information content (AvgIpc) is 2.71. The van der Waals surface area contributed by atoms with Crippen molar-refractivity contribution in [3.05, 3.63) is 0 Å². The third kappa shape index (κ3) is 5.93. The zero-order chi connectivity index (χ0) is 14.1. The lowest BCUT2D eigenvalue weighted by molar-refractivity contribution is 0.202. The van der Waals surface area contributed by atoms with Gasteiger partial charge >= 0.3 is 0 Å². The van der Waals surface area contributed by atoms with Crippen LogP contribution in [0.5, 0.6) is 0 Å². The van der Waals surface area contributed by atoms with Gasteiger partial charge in [-0.1, -0.05) is 32.6 Å². The molecule has 0 saturated heterocycles. The van der Waals surface area contributed by atoms with Crippen LogP contribution in [-0.2, 0) is 0 Å². The van der Waals surface area contributed by atoms with Gasteiger partial charge in [0.05, 0.1) is 6.07 Å². The fourth-order valence-corrected chi connectivity index (χ4v) is 2.87. The van der Waals surface area contributed by atoms with Crippen LogP contribution in [0.2, 0.25) is 0 Å². The van der Waals surface area contributed by atoms with E-state index < -0.39 is 0 Å². The first-order chi connectivity index (χ1) is 9.11. The van der Waals surface area contributed by atoms with Crippen molar-refractivity contribution in [1.29, 1.82) is 5.26 Å². The predicted octanol–water partition coefficient (Wildman–Crippen LogP) is 3.31. The molecule has 19 heavy (non-hydrogen) atoms. The second kappa shape index (κ2) is 8.55. The summed E-state index contributed by atoms with van der Waals surface area (Å²) in [7, 11) is 2.23. The quantitative estimate of drug-likeness (QED) is 0.718. The molecule has 1 rings (SSSR count). The van der Waals surface area contributed by atoms with Crippen molar-refractivity contribution >= 4 is 0 Å². The van der Waals surface area contributed by atoms with Gasteiger partial charge in [-0.3, -0.25) is 5.32 Å². The van der Waals surface area contributed by atoms with Gasteiger partial charge in [0, 0.05) is 12.6 Å². The lowest BCUT2D eigenvalue weighted by Gasteiger charge is -2.31. The molecule has 0 radical (unpaired) electrons. The molecule has 0 aromatic carbocycles. The Hall–Kier alpha value is -0.590. The highest BCUT2D eigenvalue weighted by molar-refractivity contribution is 5.04. The highest BCUT2D eigenvalue weighted by Crippen LogP contribution is 2.22. The molecule has 1 saturated carbocycles. The minimum absolute atomic E-state index is 0.366. The SMILES string of the molecule is CCCNC(C)(C#N)CCN(C)C1CCCCCC1. The van der Waals surface area contributed by atoms with Crippen molar-refractivity contribution in [1.82, 2.24) is 10.2 Å². The Balaban J connectivity index is 2.38. The van der Waals surface area contributed by atoms with E-state index in [0.29, 0.717) is 0 Å². The van der Waals surface area contributed by atoms with Gasteiger partial charge in [-0.2, -0.15) is 5.26 Å². The van der Waals surface area contributed by atoms with Gasteiger partial charge in [0.25, 0.3) is 0 Å². The molecule has 1 fully saturated rings. The minimum Gasteiger partial charge on any atom is -0.303 e. The summed E-state index contributed by atoms with van der Waals surface area (Å²) < 4.78 is 0. The summed E-state index contributed by atoms with van der Waals surface area (Å²) in [5.41, 5.74) is -0.366. The normalized spacial score (nSPS) is 20.8. The molecule has 0 heterocycles. The first kappa shape index (κ1) is 16.5. The van der Waals surface area contributed by atoms with Gasteiger partial charge in [0.15, 0.2) is 0 Å². The Bertz CT molecular complexity index is 276. The molecular formula is C16H31N3. The molecule has 0 aromatic rings. The number of hydrogen-bond donors (Lipinski definition) is 1. The molecule has 1 N–H and O–H groups in total. The van der Waals surface area contributed by atoms with E-state index in [0.717, 1.165) is 32.0 Å². The van der Waals surface area contributed by atoms with E-state index in [2.05, 4.69) is 30.3 Å². The van der Waals surface area contributed by atoms with Crippen LogP contribution in [0.3, 0.4) is 0 Å². The maximum absolute atomic E-state index is 9.35. The Morgan fingerprint density at radius 2 is 1.89 bits per heavy atom. The monoisotopic (exact) mass is 265 g/mol. The molecule has 3 heteroatoms. The number of nitrogens with zero attached hydrogens (tertiary/aromatic N) is 2. The van der Waals surface area contributed by atoms with Crippen LogP contribution in [0.1, 0.15) is 65.2 Å². The van der Waals surface area contributed by atoms with Crippen LogP contribution in [0, 0.1) is 11.3 Å². The first-order valence-corrected chi connectivity index (χ1v) is 7.98. The Labute approximate surface area is 119 Å². The highest BCUT2D eigenvalue weighted by Gasteiger charge is 2.24. The second-order valence-electron chi connectivity index (χ2n) is 6.25. The molecule has 3 nitrogen and oxygen atoms in total. The van der Waals surface area contributed by atoms with Crippen LogP contribution >= 0.6 is 0 Å². The van der Waals surface area contributed by atoms with Gasteiger partial charge in [-0.25, -0.2) is 0 Å². The molecule has 1 unspecified atom stereocenters. The maximum Gasteiger partial charge on any atom is 0.105 e. The van der Waals surface area contributed by atoms with E-state index in [-0.39, 0.29) is 5.54 Å². The van der Waals surface area contributed by atoms with Gasteiger partial charge < -0.3 is 4.90 Å². The third-order valence-electron chi connectivity index (χ3n) is 4.42. The zero-order valence-corrected chi connectivity index (χ0v) is 13.0. The van der Waals surface area contributed by atoms with E-state index in [1.54, 1.807) is 0 Å². The number of rotatable bonds is 7. The van der Waals surface area contributed by atoms with Crippen LogP contribution in [0.15, 0.2) is 0 Å². The van der Waals surface area contributed by atoms with Crippen molar-refractivity contribution in [2.24, 2.45) is 0 Å².